The van der Waals surface area contributed by atoms with Gasteiger partial charge in [-0.25, -0.2) is 0 Å². The molecular weight excluding hydrogens is 216 g/mol. The van der Waals surface area contributed by atoms with Crippen LogP contribution >= 0.6 is 0 Å². The van der Waals surface area contributed by atoms with Gasteiger partial charge in [-0.1, -0.05) is 92.1 Å². The van der Waals surface area contributed by atoms with Crippen LogP contribution in [0, 0.1) is 11.8 Å². The minimum absolute atomic E-state index is 0.849. The van der Waals surface area contributed by atoms with Gasteiger partial charge in [0.05, 0.1) is 0 Å². The summed E-state index contributed by atoms with van der Waals surface area (Å²) < 4.78 is 0. The first-order chi connectivity index (χ1) is 8.65. The fraction of sp³-hybridized carbons (Fsp3) is 0.889. The minimum atomic E-state index is 0.849. The number of hydrogen-bond acceptors (Lipinski definition) is 0. The molecule has 0 saturated carbocycles. The van der Waals surface area contributed by atoms with Gasteiger partial charge in [-0.05, 0) is 18.3 Å². The topological polar surface area (TPSA) is 0 Å². The Morgan fingerprint density at radius 2 is 1.39 bits per heavy atom. The Morgan fingerprint density at radius 1 is 0.889 bits per heavy atom. The van der Waals surface area contributed by atoms with Crippen molar-refractivity contribution in [1.29, 1.82) is 0 Å². The van der Waals surface area contributed by atoms with E-state index in [1.165, 1.54) is 57.8 Å². The second kappa shape index (κ2) is 16.7. The molecule has 0 N–H and O–H groups in total. The normalized spacial score (nSPS) is 11.9. The standard InChI is InChI=1S/C9H18.C9H20/c1-4-6-8-9(3)7-5-2;1-4-7-8-9(5-2)6-3/h5,9H,2,4,6-8H2,1,3H3;9H,4-8H2,1-3H3. The summed E-state index contributed by atoms with van der Waals surface area (Å²) in [5.74, 6) is 1.85. The second-order valence-electron chi connectivity index (χ2n) is 5.60. The van der Waals surface area contributed by atoms with E-state index in [0.29, 0.717) is 0 Å². The molecular formula is C18H38. The van der Waals surface area contributed by atoms with Crippen LogP contribution in [-0.2, 0) is 0 Å². The largest absolute Gasteiger partial charge is 0.103 e. The van der Waals surface area contributed by atoms with Crippen LogP contribution in [0.2, 0.25) is 0 Å². The molecule has 1 unspecified atom stereocenters. The zero-order valence-corrected chi connectivity index (χ0v) is 13.8. The lowest BCUT2D eigenvalue weighted by molar-refractivity contribution is 0.438. The minimum Gasteiger partial charge on any atom is -0.103 e. The Kier molecular flexibility index (Phi) is 18.7. The van der Waals surface area contributed by atoms with Crippen molar-refractivity contribution in [2.24, 2.45) is 11.8 Å². The van der Waals surface area contributed by atoms with Crippen molar-refractivity contribution in [3.63, 3.8) is 0 Å². The first-order valence-electron chi connectivity index (χ1n) is 8.26. The molecule has 0 aromatic heterocycles. The van der Waals surface area contributed by atoms with Crippen molar-refractivity contribution in [3.8, 4) is 0 Å². The third-order valence-electron chi connectivity index (χ3n) is 3.74. The Labute approximate surface area is 117 Å². The summed E-state index contributed by atoms with van der Waals surface area (Å²) in [6, 6.07) is 0. The fourth-order valence-corrected chi connectivity index (χ4v) is 2.14. The molecule has 0 amide bonds. The van der Waals surface area contributed by atoms with Crippen molar-refractivity contribution in [3.05, 3.63) is 12.7 Å². The molecule has 0 heteroatoms. The van der Waals surface area contributed by atoms with Crippen LogP contribution in [-0.4, -0.2) is 0 Å². The van der Waals surface area contributed by atoms with Crippen LogP contribution in [0.15, 0.2) is 12.7 Å². The Balaban J connectivity index is 0. The maximum absolute atomic E-state index is 3.71. The maximum Gasteiger partial charge on any atom is -0.0328 e. The van der Waals surface area contributed by atoms with Gasteiger partial charge in [-0.15, -0.1) is 6.58 Å². The summed E-state index contributed by atoms with van der Waals surface area (Å²) >= 11 is 0. The molecule has 1 atom stereocenters. The van der Waals surface area contributed by atoms with E-state index in [2.05, 4.69) is 41.2 Å². The molecule has 0 heterocycles. The van der Waals surface area contributed by atoms with E-state index >= 15 is 0 Å². The molecule has 0 aromatic rings. The molecule has 0 rings (SSSR count). The van der Waals surface area contributed by atoms with Crippen molar-refractivity contribution < 1.29 is 0 Å². The van der Waals surface area contributed by atoms with Crippen LogP contribution in [0.3, 0.4) is 0 Å². The van der Waals surface area contributed by atoms with Crippen LogP contribution in [0.1, 0.15) is 92.4 Å². The monoisotopic (exact) mass is 254 g/mol. The average molecular weight is 255 g/mol. The molecule has 0 nitrogen and oxygen atoms in total. The lowest BCUT2D eigenvalue weighted by atomic mass is 9.97. The molecule has 18 heavy (non-hydrogen) atoms. The number of hydrogen-bond donors (Lipinski definition) is 0. The smallest absolute Gasteiger partial charge is 0.0328 e. The van der Waals surface area contributed by atoms with E-state index < -0.39 is 0 Å². The molecule has 0 aliphatic rings. The van der Waals surface area contributed by atoms with Crippen molar-refractivity contribution in [2.75, 3.05) is 0 Å². The van der Waals surface area contributed by atoms with Gasteiger partial charge in [-0.2, -0.15) is 0 Å². The van der Waals surface area contributed by atoms with Crippen molar-refractivity contribution in [1.82, 2.24) is 0 Å². The van der Waals surface area contributed by atoms with Gasteiger partial charge in [0.1, 0.15) is 0 Å². The number of rotatable bonds is 10. The highest BCUT2D eigenvalue weighted by atomic mass is 14.1. The fourth-order valence-electron chi connectivity index (χ4n) is 2.14. The summed E-state index contributed by atoms with van der Waals surface area (Å²) in [5.41, 5.74) is 0. The molecule has 0 radical (unpaired) electrons. The summed E-state index contributed by atoms with van der Waals surface area (Å²) in [6.07, 6.45) is 14.2. The predicted molar refractivity (Wildman–Crippen MR) is 87.1 cm³/mol. The van der Waals surface area contributed by atoms with Crippen LogP contribution < -0.4 is 0 Å². The second-order valence-corrected chi connectivity index (χ2v) is 5.60. The molecule has 0 aliphatic carbocycles. The summed E-state index contributed by atoms with van der Waals surface area (Å²) in [4.78, 5) is 0. The third kappa shape index (κ3) is 15.7. The molecule has 110 valence electrons. The number of unbranched alkanes of at least 4 members (excludes halogenated alkanes) is 2. The van der Waals surface area contributed by atoms with E-state index in [4.69, 9.17) is 0 Å². The number of allylic oxidation sites excluding steroid dienone is 1. The van der Waals surface area contributed by atoms with E-state index in [0.717, 1.165) is 11.8 Å². The van der Waals surface area contributed by atoms with Gasteiger partial charge in [0.25, 0.3) is 0 Å². The van der Waals surface area contributed by atoms with E-state index in [-0.39, 0.29) is 0 Å². The molecule has 0 bridgehead atoms. The van der Waals surface area contributed by atoms with Gasteiger partial charge in [0.15, 0.2) is 0 Å². The molecule has 0 fully saturated rings. The molecule has 0 saturated heterocycles. The van der Waals surface area contributed by atoms with Gasteiger partial charge in [0, 0.05) is 0 Å². The van der Waals surface area contributed by atoms with Crippen LogP contribution in [0.5, 0.6) is 0 Å². The maximum atomic E-state index is 3.71. The molecule has 0 aliphatic heterocycles. The van der Waals surface area contributed by atoms with Gasteiger partial charge in [-0.3, -0.25) is 0 Å². The van der Waals surface area contributed by atoms with Gasteiger partial charge >= 0.3 is 0 Å². The quantitative estimate of drug-likeness (QED) is 0.368. The first kappa shape index (κ1) is 20.1. The lowest BCUT2D eigenvalue weighted by Gasteiger charge is -2.09. The van der Waals surface area contributed by atoms with Gasteiger partial charge < -0.3 is 0 Å². The predicted octanol–water partition coefficient (Wildman–Crippen LogP) is 7.00. The van der Waals surface area contributed by atoms with E-state index in [1.807, 2.05) is 6.08 Å². The summed E-state index contributed by atoms with van der Waals surface area (Å²) in [5, 5.41) is 0. The lowest BCUT2D eigenvalue weighted by Crippen LogP contribution is -1.95. The summed E-state index contributed by atoms with van der Waals surface area (Å²) in [7, 11) is 0. The highest BCUT2D eigenvalue weighted by Crippen LogP contribution is 2.15. The highest BCUT2D eigenvalue weighted by Gasteiger charge is 2.00. The Morgan fingerprint density at radius 3 is 1.78 bits per heavy atom. The third-order valence-corrected chi connectivity index (χ3v) is 3.74. The van der Waals surface area contributed by atoms with Crippen molar-refractivity contribution >= 4 is 0 Å². The zero-order valence-electron chi connectivity index (χ0n) is 13.8. The van der Waals surface area contributed by atoms with E-state index in [1.54, 1.807) is 0 Å². The summed E-state index contributed by atoms with van der Waals surface area (Å²) in [6.45, 7) is 15.1. The van der Waals surface area contributed by atoms with Crippen LogP contribution in [0.25, 0.3) is 0 Å². The zero-order chi connectivity index (χ0) is 14.2. The first-order valence-corrected chi connectivity index (χ1v) is 8.26. The highest BCUT2D eigenvalue weighted by molar-refractivity contribution is 4.69. The molecule has 0 spiro atoms. The van der Waals surface area contributed by atoms with Gasteiger partial charge in [0.2, 0.25) is 0 Å². The average Bonchev–Trinajstić information content (AvgIpc) is 2.39. The van der Waals surface area contributed by atoms with Crippen molar-refractivity contribution in [2.45, 2.75) is 92.4 Å². The Hall–Kier alpha value is -0.260. The van der Waals surface area contributed by atoms with Crippen LogP contribution in [0.4, 0.5) is 0 Å². The molecule has 0 aromatic carbocycles. The Bertz CT molecular complexity index is 144. The SMILES string of the molecule is C=CCC(C)CCCC.CCCCC(CC)CC. The van der Waals surface area contributed by atoms with E-state index in [9.17, 15) is 0 Å².